The Bertz CT molecular complexity index is 528. The van der Waals surface area contributed by atoms with Crippen LogP contribution < -0.4 is 10.1 Å². The molecule has 0 aromatic heterocycles. The van der Waals surface area contributed by atoms with Gasteiger partial charge in [-0.25, -0.2) is 0 Å². The Hall–Kier alpha value is -1.84. The smallest absolute Gasteiger partial charge is 0.123 e. The van der Waals surface area contributed by atoms with Crippen molar-refractivity contribution in [2.75, 3.05) is 27.2 Å². The maximum atomic E-state index is 5.39. The van der Waals surface area contributed by atoms with Crippen molar-refractivity contribution in [2.24, 2.45) is 0 Å². The molecule has 0 radical (unpaired) electrons. The van der Waals surface area contributed by atoms with Crippen LogP contribution in [0.5, 0.6) is 5.75 Å². The molecule has 3 heteroatoms. The van der Waals surface area contributed by atoms with Crippen LogP contribution in [0.2, 0.25) is 0 Å². The Morgan fingerprint density at radius 3 is 2.48 bits per heavy atom. The van der Waals surface area contributed by atoms with Crippen molar-refractivity contribution in [3.8, 4) is 5.75 Å². The molecular formula is C18H24N2O. The molecule has 0 atom stereocenters. The van der Waals surface area contributed by atoms with E-state index in [4.69, 9.17) is 4.74 Å². The molecule has 0 saturated heterocycles. The molecule has 0 unspecified atom stereocenters. The number of ether oxygens (including phenoxy) is 1. The first-order chi connectivity index (χ1) is 10.3. The van der Waals surface area contributed by atoms with Crippen LogP contribution in [-0.4, -0.2) is 32.1 Å². The highest BCUT2D eigenvalue weighted by molar-refractivity contribution is 5.33. The summed E-state index contributed by atoms with van der Waals surface area (Å²) in [6.45, 7) is 3.80. The summed E-state index contributed by atoms with van der Waals surface area (Å²) in [5.74, 6) is 0.960. The number of rotatable bonds is 8. The van der Waals surface area contributed by atoms with Crippen molar-refractivity contribution in [3.63, 3.8) is 0 Å². The summed E-state index contributed by atoms with van der Waals surface area (Å²) in [6.07, 6.45) is 0. The van der Waals surface area contributed by atoms with Gasteiger partial charge in [0.2, 0.25) is 0 Å². The number of hydrogen-bond donors (Lipinski definition) is 1. The highest BCUT2D eigenvalue weighted by Crippen LogP contribution is 2.18. The fourth-order valence-electron chi connectivity index (χ4n) is 2.30. The van der Waals surface area contributed by atoms with Crippen LogP contribution in [0.3, 0.4) is 0 Å². The Labute approximate surface area is 127 Å². The van der Waals surface area contributed by atoms with E-state index in [-0.39, 0.29) is 0 Å². The molecule has 1 N–H and O–H groups in total. The fourth-order valence-corrected chi connectivity index (χ4v) is 2.30. The van der Waals surface area contributed by atoms with Gasteiger partial charge in [0.1, 0.15) is 5.75 Å². The van der Waals surface area contributed by atoms with E-state index in [1.54, 1.807) is 7.11 Å². The molecule has 0 bridgehead atoms. The summed E-state index contributed by atoms with van der Waals surface area (Å²) in [6, 6.07) is 18.7. The maximum absolute atomic E-state index is 5.39. The number of benzene rings is 2. The Morgan fingerprint density at radius 2 is 1.71 bits per heavy atom. The SMILES string of the molecule is COc1ccccc1CN(C)CCNCc1ccccc1. The zero-order valence-electron chi connectivity index (χ0n) is 12.9. The summed E-state index contributed by atoms with van der Waals surface area (Å²) >= 11 is 0. The third-order valence-electron chi connectivity index (χ3n) is 3.48. The number of para-hydroxylation sites is 1. The topological polar surface area (TPSA) is 24.5 Å². The number of methoxy groups -OCH3 is 1. The molecule has 0 aliphatic carbocycles. The maximum Gasteiger partial charge on any atom is 0.123 e. The third kappa shape index (κ3) is 5.21. The molecule has 21 heavy (non-hydrogen) atoms. The first-order valence-corrected chi connectivity index (χ1v) is 7.34. The van der Waals surface area contributed by atoms with Crippen molar-refractivity contribution in [2.45, 2.75) is 13.1 Å². The van der Waals surface area contributed by atoms with Crippen LogP contribution in [0.1, 0.15) is 11.1 Å². The van der Waals surface area contributed by atoms with Gasteiger partial charge >= 0.3 is 0 Å². The summed E-state index contributed by atoms with van der Waals surface area (Å²) < 4.78 is 5.39. The zero-order chi connectivity index (χ0) is 14.9. The first-order valence-electron chi connectivity index (χ1n) is 7.34. The molecule has 0 spiro atoms. The van der Waals surface area contributed by atoms with Gasteiger partial charge < -0.3 is 15.0 Å². The van der Waals surface area contributed by atoms with Crippen LogP contribution in [0, 0.1) is 0 Å². The lowest BCUT2D eigenvalue weighted by Crippen LogP contribution is -2.28. The van der Waals surface area contributed by atoms with E-state index in [0.717, 1.165) is 31.9 Å². The van der Waals surface area contributed by atoms with Gasteiger partial charge in [-0.15, -0.1) is 0 Å². The van der Waals surface area contributed by atoms with Crippen LogP contribution >= 0.6 is 0 Å². The summed E-state index contributed by atoms with van der Waals surface area (Å²) in [7, 11) is 3.86. The van der Waals surface area contributed by atoms with Crippen molar-refractivity contribution in [1.82, 2.24) is 10.2 Å². The number of hydrogen-bond acceptors (Lipinski definition) is 3. The molecule has 3 nitrogen and oxygen atoms in total. The average molecular weight is 284 g/mol. The Balaban J connectivity index is 1.71. The quantitative estimate of drug-likeness (QED) is 0.754. The van der Waals surface area contributed by atoms with E-state index in [1.807, 2.05) is 18.2 Å². The standard InChI is InChI=1S/C18H24N2O/c1-20(15-17-10-6-7-11-18(17)21-2)13-12-19-14-16-8-4-3-5-9-16/h3-11,19H,12-15H2,1-2H3. The van der Waals surface area contributed by atoms with Crippen molar-refractivity contribution in [3.05, 3.63) is 65.7 Å². The van der Waals surface area contributed by atoms with E-state index in [2.05, 4.69) is 53.7 Å². The monoisotopic (exact) mass is 284 g/mol. The van der Waals surface area contributed by atoms with E-state index in [1.165, 1.54) is 11.1 Å². The number of nitrogens with zero attached hydrogens (tertiary/aromatic N) is 1. The largest absolute Gasteiger partial charge is 0.496 e. The third-order valence-corrected chi connectivity index (χ3v) is 3.48. The fraction of sp³-hybridized carbons (Fsp3) is 0.333. The predicted molar refractivity (Wildman–Crippen MR) is 87.5 cm³/mol. The lowest BCUT2D eigenvalue weighted by atomic mass is 10.2. The second-order valence-electron chi connectivity index (χ2n) is 5.21. The van der Waals surface area contributed by atoms with Gasteiger partial charge in [0.05, 0.1) is 7.11 Å². The molecule has 2 rings (SSSR count). The normalized spacial score (nSPS) is 10.8. The minimum absolute atomic E-state index is 0.900. The zero-order valence-corrected chi connectivity index (χ0v) is 12.9. The number of nitrogens with one attached hydrogen (secondary N) is 1. The second-order valence-corrected chi connectivity index (χ2v) is 5.21. The predicted octanol–water partition coefficient (Wildman–Crippen LogP) is 2.92. The summed E-state index contributed by atoms with van der Waals surface area (Å²) in [5.41, 5.74) is 2.55. The van der Waals surface area contributed by atoms with E-state index in [9.17, 15) is 0 Å². The van der Waals surface area contributed by atoms with Crippen molar-refractivity contribution < 1.29 is 4.74 Å². The van der Waals surface area contributed by atoms with Gasteiger partial charge in [-0.05, 0) is 18.7 Å². The molecular weight excluding hydrogens is 260 g/mol. The first kappa shape index (κ1) is 15.5. The van der Waals surface area contributed by atoms with Crippen LogP contribution in [-0.2, 0) is 13.1 Å². The minimum Gasteiger partial charge on any atom is -0.496 e. The van der Waals surface area contributed by atoms with Gasteiger partial charge in [0, 0.05) is 31.7 Å². The van der Waals surface area contributed by atoms with Crippen molar-refractivity contribution in [1.29, 1.82) is 0 Å². The summed E-state index contributed by atoms with van der Waals surface area (Å²) in [5, 5.41) is 3.47. The summed E-state index contributed by atoms with van der Waals surface area (Å²) in [4.78, 5) is 2.30. The second kappa shape index (κ2) is 8.45. The lowest BCUT2D eigenvalue weighted by Gasteiger charge is -2.18. The highest BCUT2D eigenvalue weighted by Gasteiger charge is 2.05. The van der Waals surface area contributed by atoms with Crippen molar-refractivity contribution >= 4 is 0 Å². The molecule has 2 aromatic carbocycles. The molecule has 0 heterocycles. The van der Waals surface area contributed by atoms with Gasteiger partial charge in [-0.1, -0.05) is 48.5 Å². The molecule has 112 valence electrons. The molecule has 2 aromatic rings. The van der Waals surface area contributed by atoms with Gasteiger partial charge in [0.25, 0.3) is 0 Å². The van der Waals surface area contributed by atoms with Gasteiger partial charge in [0.15, 0.2) is 0 Å². The van der Waals surface area contributed by atoms with E-state index < -0.39 is 0 Å². The number of likely N-dealkylation sites (N-methyl/N-ethyl adjacent to an activating group) is 1. The molecule has 0 fully saturated rings. The van der Waals surface area contributed by atoms with Gasteiger partial charge in [-0.2, -0.15) is 0 Å². The average Bonchev–Trinajstić information content (AvgIpc) is 2.53. The molecule has 0 aliphatic rings. The van der Waals surface area contributed by atoms with Gasteiger partial charge in [-0.3, -0.25) is 0 Å². The van der Waals surface area contributed by atoms with Crippen LogP contribution in [0.25, 0.3) is 0 Å². The van der Waals surface area contributed by atoms with Crippen LogP contribution in [0.15, 0.2) is 54.6 Å². The molecule has 0 saturated carbocycles. The minimum atomic E-state index is 0.900. The molecule has 0 amide bonds. The Morgan fingerprint density at radius 1 is 1.00 bits per heavy atom. The lowest BCUT2D eigenvalue weighted by molar-refractivity contribution is 0.315. The van der Waals surface area contributed by atoms with Crippen LogP contribution in [0.4, 0.5) is 0 Å². The molecule has 0 aliphatic heterocycles. The van der Waals surface area contributed by atoms with E-state index >= 15 is 0 Å². The Kier molecular flexibility index (Phi) is 6.25. The van der Waals surface area contributed by atoms with E-state index in [0.29, 0.717) is 0 Å². The highest BCUT2D eigenvalue weighted by atomic mass is 16.5.